The van der Waals surface area contributed by atoms with E-state index >= 15 is 0 Å². The first kappa shape index (κ1) is 12.0. The van der Waals surface area contributed by atoms with Crippen molar-refractivity contribution in [1.82, 2.24) is 9.88 Å². The Bertz CT molecular complexity index is 316. The second kappa shape index (κ2) is 5.75. The molecular weight excluding hydrogens is 218 g/mol. The Kier molecular flexibility index (Phi) is 4.32. The molecule has 0 aromatic carbocycles. The fourth-order valence-corrected chi connectivity index (χ4v) is 3.37. The second-order valence-electron chi connectivity index (χ2n) is 4.41. The summed E-state index contributed by atoms with van der Waals surface area (Å²) in [6, 6.07) is 0. The van der Waals surface area contributed by atoms with Crippen molar-refractivity contribution >= 4 is 11.3 Å². The molecule has 2 heterocycles. The van der Waals surface area contributed by atoms with E-state index in [4.69, 9.17) is 5.73 Å². The zero-order valence-electron chi connectivity index (χ0n) is 9.98. The van der Waals surface area contributed by atoms with Crippen molar-refractivity contribution in [3.05, 3.63) is 16.1 Å². The lowest BCUT2D eigenvalue weighted by Crippen LogP contribution is -2.32. The minimum Gasteiger partial charge on any atom is -0.330 e. The van der Waals surface area contributed by atoms with Gasteiger partial charge in [-0.05, 0) is 45.4 Å². The van der Waals surface area contributed by atoms with E-state index in [-0.39, 0.29) is 0 Å². The van der Waals surface area contributed by atoms with Crippen LogP contribution in [0.2, 0.25) is 0 Å². The van der Waals surface area contributed by atoms with Gasteiger partial charge >= 0.3 is 0 Å². The Labute approximate surface area is 102 Å². The number of aromatic nitrogens is 1. The number of likely N-dealkylation sites (tertiary alicyclic amines) is 1. The predicted molar refractivity (Wildman–Crippen MR) is 69.0 cm³/mol. The fourth-order valence-electron chi connectivity index (χ4n) is 2.27. The van der Waals surface area contributed by atoms with Gasteiger partial charge in [0.2, 0.25) is 0 Å². The summed E-state index contributed by atoms with van der Waals surface area (Å²) in [5.41, 5.74) is 5.56. The zero-order valence-corrected chi connectivity index (χ0v) is 10.8. The first-order chi connectivity index (χ1) is 7.83. The third kappa shape index (κ3) is 2.81. The van der Waals surface area contributed by atoms with Crippen molar-refractivity contribution in [3.8, 4) is 0 Å². The van der Waals surface area contributed by atoms with Crippen molar-refractivity contribution < 1.29 is 0 Å². The molecule has 1 fully saturated rings. The molecule has 90 valence electrons. The number of nitrogens with two attached hydrogens (primary N) is 1. The van der Waals surface area contributed by atoms with Crippen LogP contribution in [-0.2, 0) is 6.42 Å². The normalized spacial score (nSPS) is 19.1. The number of nitrogens with zero attached hydrogens (tertiary/aromatic N) is 2. The molecule has 16 heavy (non-hydrogen) atoms. The van der Waals surface area contributed by atoms with Crippen LogP contribution in [0.15, 0.2) is 6.20 Å². The van der Waals surface area contributed by atoms with Gasteiger partial charge in [0.1, 0.15) is 0 Å². The summed E-state index contributed by atoms with van der Waals surface area (Å²) in [7, 11) is 0. The standard InChI is InChI=1S/C12H21N3S/c1-2-15-7-4-10(5-8-15)12-14-9-11(16-12)3-6-13/h9-10H,2-8,13H2,1H3. The van der Waals surface area contributed by atoms with E-state index in [2.05, 4.69) is 16.8 Å². The molecule has 0 radical (unpaired) electrons. The third-order valence-corrected chi connectivity index (χ3v) is 4.57. The van der Waals surface area contributed by atoms with Gasteiger partial charge in [-0.3, -0.25) is 0 Å². The van der Waals surface area contributed by atoms with Crippen LogP contribution < -0.4 is 5.73 Å². The maximum atomic E-state index is 5.56. The van der Waals surface area contributed by atoms with E-state index in [0.29, 0.717) is 5.92 Å². The molecule has 0 spiro atoms. The minimum atomic E-state index is 0.694. The maximum absolute atomic E-state index is 5.56. The molecule has 0 amide bonds. The number of hydrogen-bond acceptors (Lipinski definition) is 4. The molecule has 1 aromatic heterocycles. The molecule has 0 atom stereocenters. The fraction of sp³-hybridized carbons (Fsp3) is 0.750. The lowest BCUT2D eigenvalue weighted by atomic mass is 9.98. The molecule has 0 aliphatic carbocycles. The summed E-state index contributed by atoms with van der Waals surface area (Å²) in [6.45, 7) is 6.61. The van der Waals surface area contributed by atoms with Gasteiger partial charge in [0.15, 0.2) is 0 Å². The van der Waals surface area contributed by atoms with Crippen LogP contribution in [0.5, 0.6) is 0 Å². The van der Waals surface area contributed by atoms with E-state index in [1.807, 2.05) is 17.5 Å². The van der Waals surface area contributed by atoms with Crippen LogP contribution >= 0.6 is 11.3 Å². The average Bonchev–Trinajstić information content (AvgIpc) is 2.78. The van der Waals surface area contributed by atoms with Crippen molar-refractivity contribution in [2.24, 2.45) is 5.73 Å². The third-order valence-electron chi connectivity index (χ3n) is 3.35. The molecule has 1 aromatic rings. The lowest BCUT2D eigenvalue weighted by molar-refractivity contribution is 0.222. The van der Waals surface area contributed by atoms with Crippen LogP contribution in [-0.4, -0.2) is 36.1 Å². The number of piperidine rings is 1. The number of hydrogen-bond donors (Lipinski definition) is 1. The monoisotopic (exact) mass is 239 g/mol. The predicted octanol–water partition coefficient (Wildman–Crippen LogP) is 1.84. The van der Waals surface area contributed by atoms with Crippen LogP contribution in [0.1, 0.15) is 35.6 Å². The highest BCUT2D eigenvalue weighted by molar-refractivity contribution is 7.11. The van der Waals surface area contributed by atoms with Gasteiger partial charge in [-0.15, -0.1) is 11.3 Å². The van der Waals surface area contributed by atoms with Gasteiger partial charge in [0, 0.05) is 17.0 Å². The van der Waals surface area contributed by atoms with Crippen LogP contribution in [0.25, 0.3) is 0 Å². The maximum Gasteiger partial charge on any atom is 0.0959 e. The zero-order chi connectivity index (χ0) is 11.4. The highest BCUT2D eigenvalue weighted by Gasteiger charge is 2.21. The van der Waals surface area contributed by atoms with Crippen molar-refractivity contribution in [2.45, 2.75) is 32.1 Å². The van der Waals surface area contributed by atoms with Gasteiger partial charge in [0.25, 0.3) is 0 Å². The highest BCUT2D eigenvalue weighted by atomic mass is 32.1. The Morgan fingerprint density at radius 2 is 2.25 bits per heavy atom. The van der Waals surface area contributed by atoms with E-state index in [0.717, 1.165) is 13.0 Å². The molecule has 0 saturated carbocycles. The SMILES string of the molecule is CCN1CCC(c2ncc(CCN)s2)CC1. The molecule has 1 aliphatic rings. The van der Waals surface area contributed by atoms with Gasteiger partial charge in [0.05, 0.1) is 5.01 Å². The van der Waals surface area contributed by atoms with Crippen LogP contribution in [0.3, 0.4) is 0 Å². The Hall–Kier alpha value is -0.450. The molecule has 2 N–H and O–H groups in total. The molecular formula is C12H21N3S. The molecule has 1 aliphatic heterocycles. The average molecular weight is 239 g/mol. The van der Waals surface area contributed by atoms with Crippen LogP contribution in [0, 0.1) is 0 Å². The summed E-state index contributed by atoms with van der Waals surface area (Å²) in [6.07, 6.45) is 5.53. The molecule has 0 bridgehead atoms. The second-order valence-corrected chi connectivity index (χ2v) is 5.56. The quantitative estimate of drug-likeness (QED) is 0.872. The topological polar surface area (TPSA) is 42.2 Å². The van der Waals surface area contributed by atoms with Crippen molar-refractivity contribution in [3.63, 3.8) is 0 Å². The molecule has 0 unspecified atom stereocenters. The Morgan fingerprint density at radius 3 is 2.88 bits per heavy atom. The van der Waals surface area contributed by atoms with E-state index < -0.39 is 0 Å². The van der Waals surface area contributed by atoms with E-state index in [9.17, 15) is 0 Å². The lowest BCUT2D eigenvalue weighted by Gasteiger charge is -2.29. The molecule has 3 nitrogen and oxygen atoms in total. The Morgan fingerprint density at radius 1 is 1.50 bits per heavy atom. The van der Waals surface area contributed by atoms with Gasteiger partial charge in [-0.25, -0.2) is 4.98 Å². The molecule has 1 saturated heterocycles. The largest absolute Gasteiger partial charge is 0.330 e. The summed E-state index contributed by atoms with van der Waals surface area (Å²) in [5.74, 6) is 0.694. The van der Waals surface area contributed by atoms with Gasteiger partial charge in [-0.2, -0.15) is 0 Å². The molecule has 2 rings (SSSR count). The summed E-state index contributed by atoms with van der Waals surface area (Å²) in [4.78, 5) is 8.42. The highest BCUT2D eigenvalue weighted by Crippen LogP contribution is 2.30. The van der Waals surface area contributed by atoms with Gasteiger partial charge < -0.3 is 10.6 Å². The van der Waals surface area contributed by atoms with Crippen molar-refractivity contribution in [2.75, 3.05) is 26.2 Å². The van der Waals surface area contributed by atoms with E-state index in [1.54, 1.807) is 0 Å². The van der Waals surface area contributed by atoms with Gasteiger partial charge in [-0.1, -0.05) is 6.92 Å². The number of thiazole rings is 1. The van der Waals surface area contributed by atoms with E-state index in [1.165, 1.54) is 42.4 Å². The summed E-state index contributed by atoms with van der Waals surface area (Å²) >= 11 is 1.86. The summed E-state index contributed by atoms with van der Waals surface area (Å²) < 4.78 is 0. The molecule has 4 heteroatoms. The van der Waals surface area contributed by atoms with Crippen LogP contribution in [0.4, 0.5) is 0 Å². The Balaban J connectivity index is 1.92. The van der Waals surface area contributed by atoms with Crippen molar-refractivity contribution in [1.29, 1.82) is 0 Å². The minimum absolute atomic E-state index is 0.694. The number of rotatable bonds is 4. The first-order valence-corrected chi connectivity index (χ1v) is 7.02. The summed E-state index contributed by atoms with van der Waals surface area (Å²) in [5, 5.41) is 1.33. The first-order valence-electron chi connectivity index (χ1n) is 6.20. The smallest absolute Gasteiger partial charge is 0.0959 e.